The van der Waals surface area contributed by atoms with Crippen LogP contribution in [0.5, 0.6) is 0 Å². The molecule has 25 heavy (non-hydrogen) atoms. The minimum absolute atomic E-state index is 0.240. The van der Waals surface area contributed by atoms with Crippen LogP contribution in [0.1, 0.15) is 12.0 Å². The van der Waals surface area contributed by atoms with Crippen LogP contribution in [-0.4, -0.2) is 38.0 Å². The van der Waals surface area contributed by atoms with Crippen molar-refractivity contribution < 1.29 is 17.6 Å². The van der Waals surface area contributed by atoms with Gasteiger partial charge in [-0.25, -0.2) is 12.8 Å². The second-order valence-electron chi connectivity index (χ2n) is 5.74. The SMILES string of the molecule is CS(=O)(=O)N(CCCc1ccccc1)CC(=O)Nc1cccc(F)c1. The summed E-state index contributed by atoms with van der Waals surface area (Å²) in [6.45, 7) is -0.0611. The zero-order chi connectivity index (χ0) is 18.3. The number of hydrogen-bond acceptors (Lipinski definition) is 3. The van der Waals surface area contributed by atoms with Gasteiger partial charge in [0.1, 0.15) is 5.82 Å². The van der Waals surface area contributed by atoms with Crippen molar-refractivity contribution in [3.05, 3.63) is 66.0 Å². The van der Waals surface area contributed by atoms with E-state index < -0.39 is 21.7 Å². The summed E-state index contributed by atoms with van der Waals surface area (Å²) in [6.07, 6.45) is 2.40. The highest BCUT2D eigenvalue weighted by Gasteiger charge is 2.19. The van der Waals surface area contributed by atoms with Crippen LogP contribution in [0.25, 0.3) is 0 Å². The first kappa shape index (κ1) is 19.1. The predicted octanol–water partition coefficient (Wildman–Crippen LogP) is 2.66. The molecule has 2 aromatic carbocycles. The number of nitrogens with zero attached hydrogens (tertiary/aromatic N) is 1. The van der Waals surface area contributed by atoms with E-state index in [1.807, 2.05) is 30.3 Å². The maximum Gasteiger partial charge on any atom is 0.239 e. The van der Waals surface area contributed by atoms with E-state index in [-0.39, 0.29) is 13.1 Å². The zero-order valence-corrected chi connectivity index (χ0v) is 14.8. The number of sulfonamides is 1. The van der Waals surface area contributed by atoms with Gasteiger partial charge >= 0.3 is 0 Å². The molecule has 1 amide bonds. The quantitative estimate of drug-likeness (QED) is 0.783. The molecule has 0 fully saturated rings. The Bertz CT molecular complexity index is 810. The lowest BCUT2D eigenvalue weighted by Crippen LogP contribution is -2.38. The Morgan fingerprint density at radius 3 is 2.48 bits per heavy atom. The molecule has 0 atom stereocenters. The largest absolute Gasteiger partial charge is 0.325 e. The van der Waals surface area contributed by atoms with Gasteiger partial charge in [-0.15, -0.1) is 0 Å². The third-order valence-electron chi connectivity index (χ3n) is 3.61. The highest BCUT2D eigenvalue weighted by atomic mass is 32.2. The van der Waals surface area contributed by atoms with Gasteiger partial charge in [0.2, 0.25) is 15.9 Å². The van der Waals surface area contributed by atoms with Crippen LogP contribution in [0, 0.1) is 5.82 Å². The van der Waals surface area contributed by atoms with Crippen LogP contribution in [-0.2, 0) is 21.2 Å². The van der Waals surface area contributed by atoms with E-state index >= 15 is 0 Å². The number of hydrogen-bond donors (Lipinski definition) is 1. The smallest absolute Gasteiger partial charge is 0.239 e. The van der Waals surface area contributed by atoms with Gasteiger partial charge in [0, 0.05) is 12.2 Å². The molecule has 0 saturated carbocycles. The fraction of sp³-hybridized carbons (Fsp3) is 0.278. The molecule has 2 aromatic rings. The summed E-state index contributed by atoms with van der Waals surface area (Å²) in [5.41, 5.74) is 1.41. The molecule has 0 unspecified atom stereocenters. The van der Waals surface area contributed by atoms with Gasteiger partial charge in [0.15, 0.2) is 0 Å². The summed E-state index contributed by atoms with van der Waals surface area (Å²) in [5.74, 6) is -0.976. The monoisotopic (exact) mass is 364 g/mol. The highest BCUT2D eigenvalue weighted by Crippen LogP contribution is 2.10. The number of carbonyl (C=O) groups excluding carboxylic acids is 1. The number of amides is 1. The molecule has 0 aromatic heterocycles. The number of nitrogens with one attached hydrogen (secondary N) is 1. The Morgan fingerprint density at radius 1 is 1.12 bits per heavy atom. The van der Waals surface area contributed by atoms with Crippen molar-refractivity contribution in [1.82, 2.24) is 4.31 Å². The van der Waals surface area contributed by atoms with Gasteiger partial charge in [-0.2, -0.15) is 4.31 Å². The van der Waals surface area contributed by atoms with Crippen molar-refractivity contribution in [2.24, 2.45) is 0 Å². The number of aryl methyl sites for hydroxylation is 1. The molecule has 0 radical (unpaired) electrons. The second-order valence-corrected chi connectivity index (χ2v) is 7.73. The van der Waals surface area contributed by atoms with Crippen LogP contribution in [0.15, 0.2) is 54.6 Å². The number of anilines is 1. The number of halogens is 1. The topological polar surface area (TPSA) is 66.5 Å². The van der Waals surface area contributed by atoms with Crippen LogP contribution in [0.3, 0.4) is 0 Å². The van der Waals surface area contributed by atoms with Gasteiger partial charge in [-0.05, 0) is 36.6 Å². The molecule has 0 aliphatic carbocycles. The van der Waals surface area contributed by atoms with E-state index in [1.54, 1.807) is 6.07 Å². The van der Waals surface area contributed by atoms with Gasteiger partial charge in [-0.3, -0.25) is 4.79 Å². The van der Waals surface area contributed by atoms with Crippen molar-refractivity contribution in [3.8, 4) is 0 Å². The molecule has 0 bridgehead atoms. The highest BCUT2D eigenvalue weighted by molar-refractivity contribution is 7.88. The first-order valence-corrected chi connectivity index (χ1v) is 9.74. The van der Waals surface area contributed by atoms with E-state index in [0.717, 1.165) is 22.5 Å². The summed E-state index contributed by atoms with van der Waals surface area (Å²) in [7, 11) is -3.52. The van der Waals surface area contributed by atoms with Crippen molar-refractivity contribution >= 4 is 21.6 Å². The molecule has 0 spiro atoms. The minimum atomic E-state index is -3.52. The molecular formula is C18H21FN2O3S. The molecule has 0 heterocycles. The lowest BCUT2D eigenvalue weighted by atomic mass is 10.1. The zero-order valence-electron chi connectivity index (χ0n) is 14.0. The molecule has 0 aliphatic rings. The van der Waals surface area contributed by atoms with E-state index in [0.29, 0.717) is 12.1 Å². The first-order valence-electron chi connectivity index (χ1n) is 7.89. The summed E-state index contributed by atoms with van der Waals surface area (Å²) in [5, 5.41) is 2.51. The number of benzene rings is 2. The average Bonchev–Trinajstić information content (AvgIpc) is 2.54. The van der Waals surface area contributed by atoms with Crippen molar-refractivity contribution in [1.29, 1.82) is 0 Å². The van der Waals surface area contributed by atoms with Crippen LogP contribution < -0.4 is 5.32 Å². The number of rotatable bonds is 8. The van der Waals surface area contributed by atoms with E-state index in [4.69, 9.17) is 0 Å². The summed E-state index contributed by atoms with van der Waals surface area (Å²) in [4.78, 5) is 12.1. The standard InChI is InChI=1S/C18H21FN2O3S/c1-25(23,24)21(12-6-9-15-7-3-2-4-8-15)14-18(22)20-17-11-5-10-16(19)13-17/h2-5,7-8,10-11,13H,6,9,12,14H2,1H3,(H,20,22). The van der Waals surface area contributed by atoms with E-state index in [2.05, 4.69) is 5.32 Å². The van der Waals surface area contributed by atoms with Gasteiger partial charge < -0.3 is 5.32 Å². The maximum atomic E-state index is 13.1. The number of carbonyl (C=O) groups is 1. The maximum absolute atomic E-state index is 13.1. The minimum Gasteiger partial charge on any atom is -0.325 e. The van der Waals surface area contributed by atoms with Gasteiger partial charge in [0.25, 0.3) is 0 Å². The third-order valence-corrected chi connectivity index (χ3v) is 4.86. The Balaban J connectivity index is 1.92. The first-order chi connectivity index (χ1) is 11.8. The average molecular weight is 364 g/mol. The van der Waals surface area contributed by atoms with Gasteiger partial charge in [0.05, 0.1) is 12.8 Å². The van der Waals surface area contributed by atoms with Crippen molar-refractivity contribution in [2.75, 3.05) is 24.7 Å². The van der Waals surface area contributed by atoms with Crippen molar-refractivity contribution in [2.45, 2.75) is 12.8 Å². The van der Waals surface area contributed by atoms with Gasteiger partial charge in [-0.1, -0.05) is 36.4 Å². The lowest BCUT2D eigenvalue weighted by molar-refractivity contribution is -0.116. The predicted molar refractivity (Wildman–Crippen MR) is 96.2 cm³/mol. The van der Waals surface area contributed by atoms with Crippen LogP contribution >= 0.6 is 0 Å². The van der Waals surface area contributed by atoms with E-state index in [1.165, 1.54) is 18.2 Å². The Morgan fingerprint density at radius 2 is 1.84 bits per heavy atom. The molecule has 0 saturated heterocycles. The Kier molecular flexibility index (Phi) is 6.66. The Labute approximate surface area is 147 Å². The molecule has 134 valence electrons. The molecule has 1 N–H and O–H groups in total. The lowest BCUT2D eigenvalue weighted by Gasteiger charge is -2.19. The normalized spacial score (nSPS) is 11.5. The second kappa shape index (κ2) is 8.73. The molecule has 0 aliphatic heterocycles. The van der Waals surface area contributed by atoms with E-state index in [9.17, 15) is 17.6 Å². The molecular weight excluding hydrogens is 343 g/mol. The molecule has 2 rings (SSSR count). The molecule has 5 nitrogen and oxygen atoms in total. The summed E-state index contributed by atoms with van der Waals surface area (Å²) < 4.78 is 38.1. The summed E-state index contributed by atoms with van der Waals surface area (Å²) in [6, 6.07) is 15.2. The van der Waals surface area contributed by atoms with Crippen LogP contribution in [0.2, 0.25) is 0 Å². The fourth-order valence-corrected chi connectivity index (χ4v) is 3.21. The van der Waals surface area contributed by atoms with Crippen molar-refractivity contribution in [3.63, 3.8) is 0 Å². The third kappa shape index (κ3) is 6.64. The summed E-state index contributed by atoms with van der Waals surface area (Å²) >= 11 is 0. The fourth-order valence-electron chi connectivity index (χ4n) is 2.39. The Hall–Kier alpha value is -2.25. The van der Waals surface area contributed by atoms with Crippen LogP contribution in [0.4, 0.5) is 10.1 Å². The molecule has 7 heteroatoms.